The molecule has 0 saturated carbocycles. The van der Waals surface area contributed by atoms with E-state index in [1.54, 1.807) is 30.3 Å². The molecule has 3 rings (SSSR count). The number of carbonyl (C=O) groups is 1. The highest BCUT2D eigenvalue weighted by Gasteiger charge is 2.27. The molecule has 0 atom stereocenters. The molecular formula is C26H30N2O4S. The number of rotatable bonds is 10. The van der Waals surface area contributed by atoms with Gasteiger partial charge < -0.3 is 10.1 Å². The van der Waals surface area contributed by atoms with Gasteiger partial charge in [-0.05, 0) is 48.7 Å². The average Bonchev–Trinajstić information content (AvgIpc) is 2.81. The first kappa shape index (κ1) is 24.3. The molecule has 0 bridgehead atoms. The number of nitrogens with one attached hydrogen (secondary N) is 1. The van der Waals surface area contributed by atoms with Crippen LogP contribution in [0.15, 0.2) is 83.8 Å². The van der Waals surface area contributed by atoms with Gasteiger partial charge in [0.2, 0.25) is 5.91 Å². The molecule has 0 unspecified atom stereocenters. The molecule has 0 aliphatic heterocycles. The standard InChI is InChI=1S/C26H30N2O4S/c1-20(2)24-11-7-8-12-25(24)32-18-17-27-26(29)19-28(22-15-13-21(3)14-16-22)33(30,31)23-9-5-4-6-10-23/h4-16,20H,17-19H2,1-3H3,(H,27,29). The first-order chi connectivity index (χ1) is 15.8. The molecule has 0 fully saturated rings. The number of hydrogen-bond donors (Lipinski definition) is 1. The highest BCUT2D eigenvalue weighted by atomic mass is 32.2. The Kier molecular flexibility index (Phi) is 8.11. The minimum absolute atomic E-state index is 0.131. The number of aryl methyl sites for hydroxylation is 1. The van der Waals surface area contributed by atoms with Gasteiger partial charge in [0, 0.05) is 0 Å². The van der Waals surface area contributed by atoms with Gasteiger partial charge in [-0.2, -0.15) is 0 Å². The molecule has 0 saturated heterocycles. The monoisotopic (exact) mass is 466 g/mol. The highest BCUT2D eigenvalue weighted by Crippen LogP contribution is 2.26. The zero-order valence-electron chi connectivity index (χ0n) is 19.2. The molecule has 0 aliphatic rings. The SMILES string of the molecule is Cc1ccc(N(CC(=O)NCCOc2ccccc2C(C)C)S(=O)(=O)c2ccccc2)cc1. The third-order valence-electron chi connectivity index (χ3n) is 5.16. The van der Waals surface area contributed by atoms with Gasteiger partial charge in [0.15, 0.2) is 0 Å². The van der Waals surface area contributed by atoms with Crippen molar-refractivity contribution in [1.29, 1.82) is 0 Å². The molecule has 33 heavy (non-hydrogen) atoms. The summed E-state index contributed by atoms with van der Waals surface area (Å²) in [7, 11) is -3.91. The predicted octanol–water partition coefficient (Wildman–Crippen LogP) is 4.51. The molecule has 1 amide bonds. The lowest BCUT2D eigenvalue weighted by Crippen LogP contribution is -2.41. The molecule has 6 nitrogen and oxygen atoms in total. The van der Waals surface area contributed by atoms with Crippen LogP contribution >= 0.6 is 0 Å². The van der Waals surface area contributed by atoms with Gasteiger partial charge in [0.25, 0.3) is 10.0 Å². The first-order valence-electron chi connectivity index (χ1n) is 10.9. The largest absolute Gasteiger partial charge is 0.491 e. The van der Waals surface area contributed by atoms with Crippen molar-refractivity contribution in [2.24, 2.45) is 0 Å². The summed E-state index contributed by atoms with van der Waals surface area (Å²) < 4.78 is 33.6. The zero-order chi connectivity index (χ0) is 23.8. The molecule has 0 aliphatic carbocycles. The van der Waals surface area contributed by atoms with Crippen molar-refractivity contribution in [2.45, 2.75) is 31.6 Å². The summed E-state index contributed by atoms with van der Waals surface area (Å²) >= 11 is 0. The number of amides is 1. The van der Waals surface area contributed by atoms with Crippen LogP contribution in [-0.4, -0.2) is 34.0 Å². The zero-order valence-corrected chi connectivity index (χ0v) is 20.0. The molecule has 0 heterocycles. The summed E-state index contributed by atoms with van der Waals surface area (Å²) in [4.78, 5) is 12.8. The minimum Gasteiger partial charge on any atom is -0.491 e. The summed E-state index contributed by atoms with van der Waals surface area (Å²) in [5.41, 5.74) is 2.53. The number of ether oxygens (including phenoxy) is 1. The van der Waals surface area contributed by atoms with Crippen molar-refractivity contribution in [3.63, 3.8) is 0 Å². The topological polar surface area (TPSA) is 75.7 Å². The smallest absolute Gasteiger partial charge is 0.264 e. The highest BCUT2D eigenvalue weighted by molar-refractivity contribution is 7.92. The van der Waals surface area contributed by atoms with E-state index in [0.29, 0.717) is 11.6 Å². The lowest BCUT2D eigenvalue weighted by molar-refractivity contribution is -0.119. The van der Waals surface area contributed by atoms with Crippen LogP contribution in [0.4, 0.5) is 5.69 Å². The average molecular weight is 467 g/mol. The Balaban J connectivity index is 1.68. The van der Waals surface area contributed by atoms with Crippen LogP contribution in [0.1, 0.15) is 30.9 Å². The van der Waals surface area contributed by atoms with Crippen LogP contribution < -0.4 is 14.4 Å². The molecule has 7 heteroatoms. The fourth-order valence-corrected chi connectivity index (χ4v) is 4.81. The third kappa shape index (κ3) is 6.35. The van der Waals surface area contributed by atoms with Crippen LogP contribution in [-0.2, 0) is 14.8 Å². The van der Waals surface area contributed by atoms with Gasteiger partial charge in [-0.3, -0.25) is 9.10 Å². The van der Waals surface area contributed by atoms with Gasteiger partial charge in [0.1, 0.15) is 18.9 Å². The number of hydrogen-bond acceptors (Lipinski definition) is 4. The van der Waals surface area contributed by atoms with Crippen LogP contribution in [0.5, 0.6) is 5.75 Å². The molecule has 3 aromatic rings. The van der Waals surface area contributed by atoms with Gasteiger partial charge in [-0.25, -0.2) is 8.42 Å². The summed E-state index contributed by atoms with van der Waals surface area (Å²) in [6.45, 7) is 6.32. The lowest BCUT2D eigenvalue weighted by Gasteiger charge is -2.24. The van der Waals surface area contributed by atoms with Gasteiger partial charge in [-0.15, -0.1) is 0 Å². The Morgan fingerprint density at radius 1 is 0.939 bits per heavy atom. The van der Waals surface area contributed by atoms with Crippen molar-refractivity contribution in [1.82, 2.24) is 5.32 Å². The first-order valence-corrected chi connectivity index (χ1v) is 12.4. The van der Waals surface area contributed by atoms with E-state index in [-0.39, 0.29) is 24.6 Å². The number of benzene rings is 3. The number of para-hydroxylation sites is 1. The van der Waals surface area contributed by atoms with Crippen LogP contribution in [0, 0.1) is 6.92 Å². The van der Waals surface area contributed by atoms with Crippen molar-refractivity contribution in [3.8, 4) is 5.75 Å². The maximum atomic E-state index is 13.3. The fourth-order valence-electron chi connectivity index (χ4n) is 3.37. The summed E-state index contributed by atoms with van der Waals surface area (Å²) in [6.07, 6.45) is 0. The van der Waals surface area contributed by atoms with E-state index in [4.69, 9.17) is 4.74 Å². The Labute approximate surface area is 196 Å². The summed E-state index contributed by atoms with van der Waals surface area (Å²) in [5, 5.41) is 2.77. The Morgan fingerprint density at radius 2 is 1.58 bits per heavy atom. The molecule has 174 valence electrons. The second-order valence-electron chi connectivity index (χ2n) is 8.05. The van der Waals surface area contributed by atoms with Crippen molar-refractivity contribution >= 4 is 21.6 Å². The molecule has 0 aromatic heterocycles. The lowest BCUT2D eigenvalue weighted by atomic mass is 10.0. The van der Waals surface area contributed by atoms with Crippen molar-refractivity contribution in [3.05, 3.63) is 90.0 Å². The van der Waals surface area contributed by atoms with E-state index in [1.165, 1.54) is 12.1 Å². The van der Waals surface area contributed by atoms with Crippen LogP contribution in [0.25, 0.3) is 0 Å². The summed E-state index contributed by atoms with van der Waals surface area (Å²) in [5.74, 6) is 0.701. The normalized spacial score (nSPS) is 11.3. The Bertz CT molecular complexity index is 1160. The molecule has 0 radical (unpaired) electrons. The number of sulfonamides is 1. The van der Waals surface area contributed by atoms with E-state index < -0.39 is 15.9 Å². The van der Waals surface area contributed by atoms with Gasteiger partial charge in [0.05, 0.1) is 17.1 Å². The minimum atomic E-state index is -3.91. The van der Waals surface area contributed by atoms with Gasteiger partial charge in [-0.1, -0.05) is 67.9 Å². The third-order valence-corrected chi connectivity index (χ3v) is 6.95. The molecule has 1 N–H and O–H groups in total. The quantitative estimate of drug-likeness (QED) is 0.446. The van der Waals surface area contributed by atoms with E-state index in [2.05, 4.69) is 19.2 Å². The second-order valence-corrected chi connectivity index (χ2v) is 9.91. The van der Waals surface area contributed by atoms with E-state index in [0.717, 1.165) is 21.2 Å². The summed E-state index contributed by atoms with van der Waals surface area (Å²) in [6, 6.07) is 23.0. The van der Waals surface area contributed by atoms with E-state index in [1.807, 2.05) is 43.3 Å². The predicted molar refractivity (Wildman–Crippen MR) is 131 cm³/mol. The van der Waals surface area contributed by atoms with Crippen LogP contribution in [0.2, 0.25) is 0 Å². The van der Waals surface area contributed by atoms with E-state index in [9.17, 15) is 13.2 Å². The molecule has 3 aromatic carbocycles. The van der Waals surface area contributed by atoms with Crippen molar-refractivity contribution < 1.29 is 17.9 Å². The number of anilines is 1. The van der Waals surface area contributed by atoms with E-state index >= 15 is 0 Å². The number of nitrogens with zero attached hydrogens (tertiary/aromatic N) is 1. The van der Waals surface area contributed by atoms with Gasteiger partial charge >= 0.3 is 0 Å². The maximum absolute atomic E-state index is 13.3. The van der Waals surface area contributed by atoms with Crippen LogP contribution in [0.3, 0.4) is 0 Å². The molecule has 0 spiro atoms. The fraction of sp³-hybridized carbons (Fsp3) is 0.269. The number of carbonyl (C=O) groups excluding carboxylic acids is 1. The Morgan fingerprint density at radius 3 is 2.24 bits per heavy atom. The molecular weight excluding hydrogens is 436 g/mol. The maximum Gasteiger partial charge on any atom is 0.264 e. The van der Waals surface area contributed by atoms with Crippen molar-refractivity contribution in [2.75, 3.05) is 24.0 Å². The second kappa shape index (κ2) is 11.0. The Hall–Kier alpha value is -3.32.